The molecule has 0 aliphatic rings. The summed E-state index contributed by atoms with van der Waals surface area (Å²) in [7, 11) is 0. The monoisotopic (exact) mass is 163 g/mol. The quantitative estimate of drug-likeness (QED) is 0.545. The summed E-state index contributed by atoms with van der Waals surface area (Å²) in [5.74, 6) is 0. The van der Waals surface area contributed by atoms with E-state index in [9.17, 15) is 9.59 Å². The zero-order chi connectivity index (χ0) is 8.85. The lowest BCUT2D eigenvalue weighted by atomic mass is 10.4. The van der Waals surface area contributed by atoms with Crippen molar-refractivity contribution in [2.24, 2.45) is 0 Å². The summed E-state index contributed by atoms with van der Waals surface area (Å²) in [6, 6.07) is 0. The van der Waals surface area contributed by atoms with Gasteiger partial charge in [0.1, 0.15) is 0 Å². The fourth-order valence-electron chi connectivity index (χ4n) is 0.502. The molecule has 0 saturated carbocycles. The smallest absolute Gasteiger partial charge is 0.416 e. The molecular formula is C5H9NO5. The van der Waals surface area contributed by atoms with Crippen LogP contribution in [0.2, 0.25) is 0 Å². The third-order valence-electron chi connectivity index (χ3n) is 1.00. The minimum atomic E-state index is -1.52. The van der Waals surface area contributed by atoms with Crippen molar-refractivity contribution < 1.29 is 24.9 Å². The van der Waals surface area contributed by atoms with E-state index >= 15 is 0 Å². The highest BCUT2D eigenvalue weighted by molar-refractivity contribution is 5.85. The Labute approximate surface area is 62.7 Å². The Morgan fingerprint density at radius 2 is 1.64 bits per heavy atom. The lowest BCUT2D eigenvalue weighted by Gasteiger charge is -2.11. The molecule has 0 bridgehead atoms. The minimum Gasteiger partial charge on any atom is -0.465 e. The molecule has 64 valence electrons. The molecule has 0 aromatic heterocycles. The average Bonchev–Trinajstić information content (AvgIpc) is 1.87. The first-order chi connectivity index (χ1) is 5.09. The summed E-state index contributed by atoms with van der Waals surface area (Å²) in [5.41, 5.74) is 0. The van der Waals surface area contributed by atoms with E-state index in [2.05, 4.69) is 0 Å². The normalized spacial score (nSPS) is 9.18. The molecule has 0 fully saturated rings. The number of hydrogen-bond donors (Lipinski definition) is 3. The molecule has 0 radical (unpaired) electrons. The van der Waals surface area contributed by atoms with Gasteiger partial charge < -0.3 is 15.3 Å². The van der Waals surface area contributed by atoms with Crippen LogP contribution in [0, 0.1) is 0 Å². The molecule has 3 N–H and O–H groups in total. The van der Waals surface area contributed by atoms with Gasteiger partial charge in [-0.15, -0.1) is 0 Å². The van der Waals surface area contributed by atoms with Crippen molar-refractivity contribution in [1.29, 1.82) is 0 Å². The molecule has 0 aliphatic carbocycles. The summed E-state index contributed by atoms with van der Waals surface area (Å²) >= 11 is 0. The van der Waals surface area contributed by atoms with Crippen molar-refractivity contribution in [1.82, 2.24) is 4.90 Å². The number of hydrogen-bond acceptors (Lipinski definition) is 3. The highest BCUT2D eigenvalue weighted by Crippen LogP contribution is 1.92. The van der Waals surface area contributed by atoms with Crippen molar-refractivity contribution in [2.75, 3.05) is 13.2 Å². The van der Waals surface area contributed by atoms with Crippen molar-refractivity contribution in [3.05, 3.63) is 0 Å². The predicted molar refractivity (Wildman–Crippen MR) is 34.5 cm³/mol. The number of aliphatic hydroxyl groups excluding tert-OH is 1. The van der Waals surface area contributed by atoms with E-state index in [1.807, 2.05) is 0 Å². The molecule has 0 spiro atoms. The van der Waals surface area contributed by atoms with Crippen LogP contribution in [-0.4, -0.2) is 45.6 Å². The lowest BCUT2D eigenvalue weighted by molar-refractivity contribution is 0.120. The lowest BCUT2D eigenvalue weighted by Crippen LogP contribution is -2.35. The van der Waals surface area contributed by atoms with Crippen LogP contribution in [0.4, 0.5) is 9.59 Å². The molecule has 0 heterocycles. The third-order valence-corrected chi connectivity index (χ3v) is 1.00. The maximum absolute atomic E-state index is 10.1. The second kappa shape index (κ2) is 4.51. The Morgan fingerprint density at radius 3 is 1.91 bits per heavy atom. The van der Waals surface area contributed by atoms with Crippen molar-refractivity contribution in [2.45, 2.75) is 6.42 Å². The molecule has 0 saturated heterocycles. The van der Waals surface area contributed by atoms with E-state index in [1.54, 1.807) is 0 Å². The van der Waals surface area contributed by atoms with Gasteiger partial charge in [0.05, 0.1) is 0 Å². The number of aliphatic hydroxyl groups is 1. The van der Waals surface area contributed by atoms with Gasteiger partial charge in [0.15, 0.2) is 0 Å². The summed E-state index contributed by atoms with van der Waals surface area (Å²) < 4.78 is 0. The maximum Gasteiger partial charge on any atom is 0.416 e. The van der Waals surface area contributed by atoms with Gasteiger partial charge in [-0.1, -0.05) is 0 Å². The molecular weight excluding hydrogens is 154 g/mol. The molecule has 0 aliphatic heterocycles. The molecule has 0 rings (SSSR count). The fourth-order valence-corrected chi connectivity index (χ4v) is 0.502. The molecule has 0 unspecified atom stereocenters. The highest BCUT2D eigenvalue weighted by Gasteiger charge is 2.17. The molecule has 6 nitrogen and oxygen atoms in total. The second-order valence-corrected chi connectivity index (χ2v) is 1.79. The van der Waals surface area contributed by atoms with E-state index in [1.165, 1.54) is 0 Å². The summed E-state index contributed by atoms with van der Waals surface area (Å²) in [6.45, 7) is -0.418. The summed E-state index contributed by atoms with van der Waals surface area (Å²) in [5, 5.41) is 24.7. The molecule has 0 aromatic rings. The molecule has 0 atom stereocenters. The van der Waals surface area contributed by atoms with Gasteiger partial charge in [-0.05, 0) is 6.42 Å². The standard InChI is InChI=1S/C5H9NO5/c7-3-1-2-6(4(8)9)5(10)11/h7H,1-3H2,(H,8,9)(H,10,11). The van der Waals surface area contributed by atoms with E-state index in [0.717, 1.165) is 0 Å². The van der Waals surface area contributed by atoms with Crippen molar-refractivity contribution >= 4 is 12.2 Å². The largest absolute Gasteiger partial charge is 0.465 e. The Bertz CT molecular complexity index is 143. The van der Waals surface area contributed by atoms with Gasteiger partial charge in [0.2, 0.25) is 0 Å². The number of nitrogens with zero attached hydrogens (tertiary/aromatic N) is 1. The van der Waals surface area contributed by atoms with Gasteiger partial charge >= 0.3 is 12.2 Å². The zero-order valence-electron chi connectivity index (χ0n) is 5.73. The number of carbonyl (C=O) groups is 2. The topological polar surface area (TPSA) is 98.1 Å². The molecule has 6 heteroatoms. The van der Waals surface area contributed by atoms with Gasteiger partial charge in [0, 0.05) is 13.2 Å². The Kier molecular flexibility index (Phi) is 3.97. The number of carboxylic acid groups (broad SMARTS) is 2. The third kappa shape index (κ3) is 3.41. The number of imide groups is 1. The first kappa shape index (κ1) is 9.70. The van der Waals surface area contributed by atoms with Crippen LogP contribution in [0.1, 0.15) is 6.42 Å². The first-order valence-corrected chi connectivity index (χ1v) is 2.94. The van der Waals surface area contributed by atoms with Crippen LogP contribution >= 0.6 is 0 Å². The van der Waals surface area contributed by atoms with Gasteiger partial charge in [0.25, 0.3) is 0 Å². The molecule has 0 aromatic carbocycles. The van der Waals surface area contributed by atoms with Crippen molar-refractivity contribution in [3.8, 4) is 0 Å². The average molecular weight is 163 g/mol. The van der Waals surface area contributed by atoms with Crippen LogP contribution in [0.15, 0.2) is 0 Å². The van der Waals surface area contributed by atoms with Gasteiger partial charge in [-0.25, -0.2) is 14.5 Å². The molecule has 2 amide bonds. The first-order valence-electron chi connectivity index (χ1n) is 2.94. The minimum absolute atomic E-state index is 0.124. The van der Waals surface area contributed by atoms with E-state index in [0.29, 0.717) is 0 Å². The predicted octanol–water partition coefficient (Wildman–Crippen LogP) is 0.0268. The van der Waals surface area contributed by atoms with E-state index in [-0.39, 0.29) is 24.5 Å². The van der Waals surface area contributed by atoms with E-state index < -0.39 is 12.2 Å². The second-order valence-electron chi connectivity index (χ2n) is 1.79. The van der Waals surface area contributed by atoms with Gasteiger partial charge in [-0.2, -0.15) is 0 Å². The Morgan fingerprint density at radius 1 is 1.18 bits per heavy atom. The number of amides is 2. The van der Waals surface area contributed by atoms with Crippen molar-refractivity contribution in [3.63, 3.8) is 0 Å². The summed E-state index contributed by atoms with van der Waals surface area (Å²) in [4.78, 5) is 20.4. The van der Waals surface area contributed by atoms with Crippen LogP contribution in [0.25, 0.3) is 0 Å². The van der Waals surface area contributed by atoms with E-state index in [4.69, 9.17) is 15.3 Å². The maximum atomic E-state index is 10.1. The highest BCUT2D eigenvalue weighted by atomic mass is 16.4. The SMILES string of the molecule is O=C(O)N(CCCO)C(=O)O. The molecule has 11 heavy (non-hydrogen) atoms. The Balaban J connectivity index is 3.90. The Hall–Kier alpha value is -1.30. The zero-order valence-corrected chi connectivity index (χ0v) is 5.73. The fraction of sp³-hybridized carbons (Fsp3) is 0.600. The number of rotatable bonds is 3. The van der Waals surface area contributed by atoms with Crippen LogP contribution in [0.5, 0.6) is 0 Å². The van der Waals surface area contributed by atoms with Gasteiger partial charge in [-0.3, -0.25) is 0 Å². The summed E-state index contributed by atoms with van der Waals surface area (Å²) in [6.07, 6.45) is -2.92. The van der Waals surface area contributed by atoms with Crippen LogP contribution in [-0.2, 0) is 0 Å². The van der Waals surface area contributed by atoms with Crippen LogP contribution in [0.3, 0.4) is 0 Å². The van der Waals surface area contributed by atoms with Crippen LogP contribution < -0.4 is 0 Å².